The van der Waals surface area contributed by atoms with Gasteiger partial charge in [0.05, 0.1) is 6.61 Å². The number of rotatable bonds is 4. The molecule has 0 aliphatic heterocycles. The summed E-state index contributed by atoms with van der Waals surface area (Å²) in [7, 11) is 0. The van der Waals surface area contributed by atoms with Crippen molar-refractivity contribution in [1.82, 2.24) is 0 Å². The van der Waals surface area contributed by atoms with Crippen LogP contribution in [0.3, 0.4) is 0 Å². The molecule has 3 heteroatoms. The summed E-state index contributed by atoms with van der Waals surface area (Å²) in [5.74, 6) is 0. The normalized spacial score (nSPS) is 10.0. The molecule has 2 N–H and O–H groups in total. The molecule has 2 aromatic rings. The number of benzene rings is 2. The van der Waals surface area contributed by atoms with Gasteiger partial charge in [0.25, 0.3) is 0 Å². The molecule has 0 radical (unpaired) electrons. The maximum Gasteiger partial charge on any atom is 0.404 e. The zero-order valence-corrected chi connectivity index (χ0v) is 10.0. The van der Waals surface area contributed by atoms with Crippen molar-refractivity contribution < 1.29 is 9.53 Å². The lowest BCUT2D eigenvalue weighted by Gasteiger charge is -2.04. The molecule has 0 atom stereocenters. The number of ether oxygens (including phenoxy) is 1. The highest BCUT2D eigenvalue weighted by Crippen LogP contribution is 2.19. The summed E-state index contributed by atoms with van der Waals surface area (Å²) in [5, 5.41) is 0. The Morgan fingerprint density at radius 2 is 1.56 bits per heavy atom. The van der Waals surface area contributed by atoms with Crippen molar-refractivity contribution in [3.05, 3.63) is 60.2 Å². The van der Waals surface area contributed by atoms with E-state index in [1.54, 1.807) is 0 Å². The molecule has 2 rings (SSSR count). The quantitative estimate of drug-likeness (QED) is 0.894. The third-order valence-electron chi connectivity index (χ3n) is 2.70. The standard InChI is InChI=1S/C15H15NO2/c16-15(17)18-11-10-12-6-8-14(9-7-12)13-4-2-1-3-5-13/h1-9H,10-11H2,(H2,16,17). The van der Waals surface area contributed by atoms with E-state index in [1.165, 1.54) is 11.1 Å². The molecule has 0 aromatic heterocycles. The molecule has 92 valence electrons. The minimum atomic E-state index is -0.726. The highest BCUT2D eigenvalue weighted by molar-refractivity contribution is 5.64. The Morgan fingerprint density at radius 1 is 0.944 bits per heavy atom. The van der Waals surface area contributed by atoms with Gasteiger partial charge in [-0.05, 0) is 16.7 Å². The van der Waals surface area contributed by atoms with Crippen LogP contribution in [0.4, 0.5) is 4.79 Å². The lowest BCUT2D eigenvalue weighted by Crippen LogP contribution is -2.14. The Bertz CT molecular complexity index is 506. The van der Waals surface area contributed by atoms with Crippen LogP contribution in [0.2, 0.25) is 0 Å². The Labute approximate surface area is 106 Å². The summed E-state index contributed by atoms with van der Waals surface area (Å²) in [6.45, 7) is 0.319. The molecule has 0 bridgehead atoms. The van der Waals surface area contributed by atoms with Crippen LogP contribution in [0.5, 0.6) is 0 Å². The molecule has 0 spiro atoms. The first-order chi connectivity index (χ1) is 8.75. The first-order valence-electron chi connectivity index (χ1n) is 5.82. The molecule has 1 amide bonds. The van der Waals surface area contributed by atoms with Gasteiger partial charge in [-0.2, -0.15) is 0 Å². The zero-order chi connectivity index (χ0) is 12.8. The maximum atomic E-state index is 10.4. The largest absolute Gasteiger partial charge is 0.449 e. The number of carbonyl (C=O) groups is 1. The molecular weight excluding hydrogens is 226 g/mol. The van der Waals surface area contributed by atoms with Gasteiger partial charge in [-0.25, -0.2) is 4.79 Å². The minimum Gasteiger partial charge on any atom is -0.449 e. The second kappa shape index (κ2) is 5.87. The maximum absolute atomic E-state index is 10.4. The van der Waals surface area contributed by atoms with Crippen molar-refractivity contribution in [1.29, 1.82) is 0 Å². The lowest BCUT2D eigenvalue weighted by molar-refractivity contribution is 0.158. The Morgan fingerprint density at radius 3 is 2.17 bits per heavy atom. The van der Waals surface area contributed by atoms with E-state index in [-0.39, 0.29) is 0 Å². The summed E-state index contributed by atoms with van der Waals surface area (Å²) in [4.78, 5) is 10.4. The fraction of sp³-hybridized carbons (Fsp3) is 0.133. The van der Waals surface area contributed by atoms with Crippen LogP contribution >= 0.6 is 0 Å². The monoisotopic (exact) mass is 241 g/mol. The highest BCUT2D eigenvalue weighted by atomic mass is 16.5. The molecule has 3 nitrogen and oxygen atoms in total. The third-order valence-corrected chi connectivity index (χ3v) is 2.70. The Balaban J connectivity index is 2.00. The van der Waals surface area contributed by atoms with Gasteiger partial charge < -0.3 is 10.5 Å². The van der Waals surface area contributed by atoms with Crippen molar-refractivity contribution in [2.45, 2.75) is 6.42 Å². The third kappa shape index (κ3) is 3.35. The van der Waals surface area contributed by atoms with E-state index in [0.717, 1.165) is 5.56 Å². The van der Waals surface area contributed by atoms with Crippen LogP contribution in [0.25, 0.3) is 11.1 Å². The number of primary amides is 1. The van der Waals surface area contributed by atoms with Crippen LogP contribution in [-0.4, -0.2) is 12.7 Å². The molecule has 0 aliphatic carbocycles. The first-order valence-corrected chi connectivity index (χ1v) is 5.82. The van der Waals surface area contributed by atoms with E-state index in [0.29, 0.717) is 13.0 Å². The fourth-order valence-corrected chi connectivity index (χ4v) is 1.76. The van der Waals surface area contributed by atoms with E-state index >= 15 is 0 Å². The number of carbonyl (C=O) groups excluding carboxylic acids is 1. The lowest BCUT2D eigenvalue weighted by atomic mass is 10.0. The topological polar surface area (TPSA) is 52.3 Å². The highest BCUT2D eigenvalue weighted by Gasteiger charge is 1.99. The van der Waals surface area contributed by atoms with Crippen molar-refractivity contribution in [3.63, 3.8) is 0 Å². The summed E-state index contributed by atoms with van der Waals surface area (Å²) in [6, 6.07) is 18.4. The predicted molar refractivity (Wildman–Crippen MR) is 71.1 cm³/mol. The first kappa shape index (κ1) is 12.2. The molecule has 2 aromatic carbocycles. The van der Waals surface area contributed by atoms with Gasteiger partial charge in [0.1, 0.15) is 0 Å². The minimum absolute atomic E-state index is 0.319. The van der Waals surface area contributed by atoms with Gasteiger partial charge in [-0.1, -0.05) is 54.6 Å². The predicted octanol–water partition coefficient (Wildman–Crippen LogP) is 2.99. The summed E-state index contributed by atoms with van der Waals surface area (Å²) in [6.07, 6.45) is -0.0474. The summed E-state index contributed by atoms with van der Waals surface area (Å²) in [5.41, 5.74) is 8.38. The molecular formula is C15H15NO2. The van der Waals surface area contributed by atoms with Gasteiger partial charge >= 0.3 is 6.09 Å². The van der Waals surface area contributed by atoms with Crippen LogP contribution in [0.1, 0.15) is 5.56 Å². The van der Waals surface area contributed by atoms with Gasteiger partial charge in [-0.15, -0.1) is 0 Å². The van der Waals surface area contributed by atoms with Crippen molar-refractivity contribution in [3.8, 4) is 11.1 Å². The molecule has 0 saturated heterocycles. The van der Waals surface area contributed by atoms with Gasteiger partial charge in [0.2, 0.25) is 0 Å². The smallest absolute Gasteiger partial charge is 0.404 e. The van der Waals surface area contributed by atoms with Crippen LogP contribution in [0.15, 0.2) is 54.6 Å². The number of hydrogen-bond acceptors (Lipinski definition) is 2. The second-order valence-electron chi connectivity index (χ2n) is 3.98. The molecule has 0 aliphatic rings. The Kier molecular flexibility index (Phi) is 3.97. The van der Waals surface area contributed by atoms with Crippen molar-refractivity contribution in [2.75, 3.05) is 6.61 Å². The number of nitrogens with two attached hydrogens (primary N) is 1. The van der Waals surface area contributed by atoms with Gasteiger partial charge in [-0.3, -0.25) is 0 Å². The van der Waals surface area contributed by atoms with Gasteiger partial charge in [0, 0.05) is 6.42 Å². The average molecular weight is 241 g/mol. The fourth-order valence-electron chi connectivity index (χ4n) is 1.76. The van der Waals surface area contributed by atoms with Crippen LogP contribution in [0, 0.1) is 0 Å². The molecule has 0 saturated carbocycles. The number of amides is 1. The van der Waals surface area contributed by atoms with Crippen LogP contribution in [-0.2, 0) is 11.2 Å². The van der Waals surface area contributed by atoms with E-state index in [1.807, 2.05) is 30.3 Å². The molecule has 0 heterocycles. The Hall–Kier alpha value is -2.29. The zero-order valence-electron chi connectivity index (χ0n) is 10.0. The molecule has 0 unspecified atom stereocenters. The average Bonchev–Trinajstić information content (AvgIpc) is 2.40. The molecule has 18 heavy (non-hydrogen) atoms. The summed E-state index contributed by atoms with van der Waals surface area (Å²) >= 11 is 0. The summed E-state index contributed by atoms with van der Waals surface area (Å²) < 4.78 is 4.70. The SMILES string of the molecule is NC(=O)OCCc1ccc(-c2ccccc2)cc1. The van der Waals surface area contributed by atoms with E-state index < -0.39 is 6.09 Å². The van der Waals surface area contributed by atoms with Crippen LogP contribution < -0.4 is 5.73 Å². The number of hydrogen-bond donors (Lipinski definition) is 1. The van der Waals surface area contributed by atoms with Crippen molar-refractivity contribution >= 4 is 6.09 Å². The van der Waals surface area contributed by atoms with Gasteiger partial charge in [0.15, 0.2) is 0 Å². The van der Waals surface area contributed by atoms with E-state index in [4.69, 9.17) is 10.5 Å². The van der Waals surface area contributed by atoms with E-state index in [9.17, 15) is 4.79 Å². The van der Waals surface area contributed by atoms with E-state index in [2.05, 4.69) is 24.3 Å². The molecule has 0 fully saturated rings. The van der Waals surface area contributed by atoms with Crippen molar-refractivity contribution in [2.24, 2.45) is 5.73 Å². The second-order valence-corrected chi connectivity index (χ2v) is 3.98.